The molecule has 0 saturated heterocycles. The predicted octanol–water partition coefficient (Wildman–Crippen LogP) is 3.70. The van der Waals surface area contributed by atoms with Gasteiger partial charge in [-0.05, 0) is 48.9 Å². The number of ether oxygens (including phenoxy) is 1. The molecule has 2 rings (SSSR count). The van der Waals surface area contributed by atoms with Crippen LogP contribution in [0.15, 0.2) is 48.5 Å². The number of nitrogens with one attached hydrogen (secondary N) is 1. The van der Waals surface area contributed by atoms with Crippen LogP contribution in [0.5, 0.6) is 5.75 Å². The highest BCUT2D eigenvalue weighted by Crippen LogP contribution is 2.14. The first-order chi connectivity index (χ1) is 13.1. The number of halogens is 2. The van der Waals surface area contributed by atoms with Crippen molar-refractivity contribution >= 4 is 23.6 Å². The van der Waals surface area contributed by atoms with Crippen LogP contribution < -0.4 is 10.1 Å². The Balaban J connectivity index is 1.64. The quantitative estimate of drug-likeness (QED) is 0.466. The summed E-state index contributed by atoms with van der Waals surface area (Å²) < 4.78 is 23.1. The van der Waals surface area contributed by atoms with Gasteiger partial charge in [-0.15, -0.1) is 0 Å². The second kappa shape index (κ2) is 11.3. The fourth-order valence-electron chi connectivity index (χ4n) is 2.43. The van der Waals surface area contributed by atoms with Crippen LogP contribution in [0.25, 0.3) is 0 Å². The van der Waals surface area contributed by atoms with Gasteiger partial charge in [0.25, 0.3) is 0 Å². The van der Waals surface area contributed by atoms with E-state index in [-0.39, 0.29) is 24.4 Å². The molecule has 0 aliphatic carbocycles. The molecule has 0 amide bonds. The molecule has 0 aliphatic heterocycles. The van der Waals surface area contributed by atoms with Crippen molar-refractivity contribution in [3.8, 4) is 5.75 Å². The minimum absolute atomic E-state index is 0.0394. The second-order valence-electron chi connectivity index (χ2n) is 5.84. The van der Waals surface area contributed by atoms with Gasteiger partial charge >= 0.3 is 5.97 Å². The minimum Gasteiger partial charge on any atom is -0.492 e. The van der Waals surface area contributed by atoms with Crippen LogP contribution in [-0.4, -0.2) is 31.4 Å². The summed E-state index contributed by atoms with van der Waals surface area (Å²) in [7, 11) is 0. The lowest BCUT2D eigenvalue weighted by molar-refractivity contribution is -0.133. The van der Waals surface area contributed by atoms with Crippen molar-refractivity contribution in [1.29, 1.82) is 0 Å². The maximum Gasteiger partial charge on any atom is 0.325 e. The van der Waals surface area contributed by atoms with Gasteiger partial charge in [0, 0.05) is 18.5 Å². The third-order valence-corrected chi connectivity index (χ3v) is 4.07. The van der Waals surface area contributed by atoms with Crippen molar-refractivity contribution in [2.75, 3.05) is 19.7 Å². The molecule has 0 spiro atoms. The molecule has 0 saturated carbocycles. The molecular weight excluding hydrogens is 373 g/mol. The van der Waals surface area contributed by atoms with Crippen molar-refractivity contribution < 1.29 is 23.0 Å². The summed E-state index contributed by atoms with van der Waals surface area (Å²) in [5.74, 6) is -0.349. The zero-order chi connectivity index (χ0) is 19.5. The molecule has 0 unspecified atom stereocenters. The smallest absolute Gasteiger partial charge is 0.325 e. The largest absolute Gasteiger partial charge is 0.492 e. The van der Waals surface area contributed by atoms with E-state index in [4.69, 9.17) is 16.6 Å². The van der Waals surface area contributed by atoms with E-state index >= 15 is 0 Å². The molecule has 5 nitrogen and oxygen atoms in total. The van der Waals surface area contributed by atoms with Gasteiger partial charge in [-0.1, -0.05) is 18.2 Å². The molecule has 2 aromatic rings. The predicted molar refractivity (Wildman–Crippen MR) is 100 cm³/mol. The van der Waals surface area contributed by atoms with Crippen molar-refractivity contribution in [3.63, 3.8) is 0 Å². The number of hydrogen-bond acceptors (Lipinski definition) is 5. The fourth-order valence-corrected chi connectivity index (χ4v) is 2.50. The van der Waals surface area contributed by atoms with E-state index in [0.29, 0.717) is 43.0 Å². The standard InChI is InChI=1S/C20H21ClFNO4/c21-27-20(25)10-9-19(24)16-5-7-17(8-6-16)26-14-13-23-12-11-15-3-1-2-4-18(15)22/h1-8,23H,9-14H2. The summed E-state index contributed by atoms with van der Waals surface area (Å²) in [6.07, 6.45) is 0.595. The summed E-state index contributed by atoms with van der Waals surface area (Å²) >= 11 is 4.92. The van der Waals surface area contributed by atoms with Crippen molar-refractivity contribution in [2.24, 2.45) is 0 Å². The van der Waals surface area contributed by atoms with E-state index in [1.807, 2.05) is 6.07 Å². The first-order valence-electron chi connectivity index (χ1n) is 8.61. The number of benzene rings is 2. The molecule has 0 heterocycles. The molecule has 0 aliphatic rings. The molecule has 0 atom stereocenters. The number of Topliss-reactive ketones (excluding diaryl/α,β-unsaturated/α-hetero) is 1. The zero-order valence-electron chi connectivity index (χ0n) is 14.8. The van der Waals surface area contributed by atoms with Gasteiger partial charge in [0.15, 0.2) is 5.78 Å². The van der Waals surface area contributed by atoms with Gasteiger partial charge in [0.2, 0.25) is 0 Å². The Morgan fingerprint density at radius 3 is 2.44 bits per heavy atom. The Morgan fingerprint density at radius 2 is 1.74 bits per heavy atom. The topological polar surface area (TPSA) is 64.6 Å². The van der Waals surface area contributed by atoms with Gasteiger partial charge in [0.1, 0.15) is 30.0 Å². The molecule has 1 N–H and O–H groups in total. The first kappa shape index (κ1) is 20.9. The average Bonchev–Trinajstić information content (AvgIpc) is 2.70. The summed E-state index contributed by atoms with van der Waals surface area (Å²) in [4.78, 5) is 22.9. The summed E-state index contributed by atoms with van der Waals surface area (Å²) in [6, 6.07) is 13.4. The first-order valence-corrected chi connectivity index (χ1v) is 8.92. The summed E-state index contributed by atoms with van der Waals surface area (Å²) in [5, 5.41) is 3.19. The van der Waals surface area contributed by atoms with E-state index in [1.165, 1.54) is 6.07 Å². The lowest BCUT2D eigenvalue weighted by Crippen LogP contribution is -2.23. The number of hydrogen-bond donors (Lipinski definition) is 1. The third kappa shape index (κ3) is 7.37. The van der Waals surface area contributed by atoms with Crippen LogP contribution in [0, 0.1) is 5.82 Å². The van der Waals surface area contributed by atoms with Crippen LogP contribution >= 0.6 is 11.9 Å². The molecule has 0 radical (unpaired) electrons. The molecular formula is C20H21ClFNO4. The van der Waals surface area contributed by atoms with Gasteiger partial charge in [-0.25, -0.2) is 4.39 Å². The minimum atomic E-state index is -0.632. The highest BCUT2D eigenvalue weighted by atomic mass is 35.5. The monoisotopic (exact) mass is 393 g/mol. The van der Waals surface area contributed by atoms with Crippen molar-refractivity contribution in [1.82, 2.24) is 5.32 Å². The SMILES string of the molecule is O=C(CCC(=O)c1ccc(OCCNCCc2ccccc2F)cc1)OCl. The molecule has 0 aromatic heterocycles. The van der Waals surface area contributed by atoms with E-state index in [0.717, 1.165) is 0 Å². The van der Waals surface area contributed by atoms with E-state index in [2.05, 4.69) is 9.61 Å². The molecule has 0 fully saturated rings. The highest BCUT2D eigenvalue weighted by Gasteiger charge is 2.10. The maximum atomic E-state index is 13.5. The van der Waals surface area contributed by atoms with Gasteiger partial charge < -0.3 is 14.3 Å². The summed E-state index contributed by atoms with van der Waals surface area (Å²) in [5.41, 5.74) is 1.18. The van der Waals surface area contributed by atoms with Crippen molar-refractivity contribution in [2.45, 2.75) is 19.3 Å². The molecule has 7 heteroatoms. The van der Waals surface area contributed by atoms with E-state index < -0.39 is 5.97 Å². The average molecular weight is 394 g/mol. The van der Waals surface area contributed by atoms with Crippen LogP contribution in [0.4, 0.5) is 4.39 Å². The number of carbonyl (C=O) groups excluding carboxylic acids is 2. The molecule has 0 bridgehead atoms. The zero-order valence-corrected chi connectivity index (χ0v) is 15.5. The molecule has 27 heavy (non-hydrogen) atoms. The molecule has 2 aromatic carbocycles. The van der Waals surface area contributed by atoms with E-state index in [1.54, 1.807) is 36.4 Å². The summed E-state index contributed by atoms with van der Waals surface area (Å²) in [6.45, 7) is 1.73. The lowest BCUT2D eigenvalue weighted by Gasteiger charge is -2.08. The number of ketones is 1. The lowest BCUT2D eigenvalue weighted by atomic mass is 10.1. The van der Waals surface area contributed by atoms with E-state index in [9.17, 15) is 14.0 Å². The number of carbonyl (C=O) groups is 2. The van der Waals surface area contributed by atoms with Gasteiger partial charge in [-0.3, -0.25) is 9.59 Å². The van der Waals surface area contributed by atoms with Gasteiger partial charge in [0.05, 0.1) is 6.42 Å². The third-order valence-electron chi connectivity index (χ3n) is 3.90. The Hall–Kier alpha value is -2.44. The second-order valence-corrected chi connectivity index (χ2v) is 5.99. The van der Waals surface area contributed by atoms with Crippen LogP contribution in [-0.2, 0) is 15.5 Å². The van der Waals surface area contributed by atoms with Gasteiger partial charge in [-0.2, -0.15) is 0 Å². The fraction of sp³-hybridized carbons (Fsp3) is 0.300. The van der Waals surface area contributed by atoms with Crippen molar-refractivity contribution in [3.05, 3.63) is 65.5 Å². The van der Waals surface area contributed by atoms with Crippen LogP contribution in [0.1, 0.15) is 28.8 Å². The van der Waals surface area contributed by atoms with Crippen LogP contribution in [0.3, 0.4) is 0 Å². The maximum absolute atomic E-state index is 13.5. The highest BCUT2D eigenvalue weighted by molar-refractivity contribution is 6.13. The Morgan fingerprint density at radius 1 is 1.00 bits per heavy atom. The Labute approximate surface area is 162 Å². The Bertz CT molecular complexity index is 752. The van der Waals surface area contributed by atoms with Crippen LogP contribution in [0.2, 0.25) is 0 Å². The Kier molecular flexibility index (Phi) is 8.74. The normalized spacial score (nSPS) is 10.4. The molecule has 144 valence electrons. The number of rotatable bonds is 11.